The standard InChI is InChI=1S/C20H18BrN3O/c1-24-12-11-22-17(13-5-3-2-4-6-13)16-18(23-20(25)19(16)24)14-7-9-15(21)10-8-14/h2-10,18H,11-12H2,1H3,(H,23,25). The molecule has 0 bridgehead atoms. The predicted molar refractivity (Wildman–Crippen MR) is 103 cm³/mol. The minimum absolute atomic E-state index is 0.0315. The second-order valence-electron chi connectivity index (χ2n) is 6.24. The van der Waals surface area contributed by atoms with E-state index in [2.05, 4.69) is 33.4 Å². The number of carbonyl (C=O) groups is 1. The Morgan fingerprint density at radius 2 is 1.84 bits per heavy atom. The molecular weight excluding hydrogens is 378 g/mol. The first-order chi connectivity index (χ1) is 12.1. The first kappa shape index (κ1) is 16.1. The summed E-state index contributed by atoms with van der Waals surface area (Å²) in [6.07, 6.45) is 0. The average Bonchev–Trinajstić information content (AvgIpc) is 2.86. The first-order valence-corrected chi connectivity index (χ1v) is 9.06. The van der Waals surface area contributed by atoms with Crippen molar-refractivity contribution in [3.05, 3.63) is 81.5 Å². The van der Waals surface area contributed by atoms with Crippen molar-refractivity contribution in [3.63, 3.8) is 0 Å². The Kier molecular flexibility index (Phi) is 4.17. The van der Waals surface area contributed by atoms with Gasteiger partial charge in [-0.2, -0.15) is 0 Å². The van der Waals surface area contributed by atoms with Crippen LogP contribution in [0.3, 0.4) is 0 Å². The number of likely N-dealkylation sites (N-methyl/N-ethyl adjacent to an activating group) is 1. The lowest BCUT2D eigenvalue weighted by molar-refractivity contribution is -0.118. The smallest absolute Gasteiger partial charge is 0.268 e. The van der Waals surface area contributed by atoms with E-state index in [9.17, 15) is 4.79 Å². The molecule has 2 heterocycles. The van der Waals surface area contributed by atoms with Crippen LogP contribution in [-0.2, 0) is 4.79 Å². The molecule has 126 valence electrons. The van der Waals surface area contributed by atoms with E-state index in [0.29, 0.717) is 6.54 Å². The maximum Gasteiger partial charge on any atom is 0.268 e. The summed E-state index contributed by atoms with van der Waals surface area (Å²) < 4.78 is 1.02. The van der Waals surface area contributed by atoms with Crippen LogP contribution >= 0.6 is 15.9 Å². The van der Waals surface area contributed by atoms with Gasteiger partial charge in [-0.25, -0.2) is 0 Å². The number of rotatable bonds is 2. The molecule has 0 saturated carbocycles. The summed E-state index contributed by atoms with van der Waals surface area (Å²) in [6.45, 7) is 1.41. The van der Waals surface area contributed by atoms with E-state index >= 15 is 0 Å². The number of nitrogens with one attached hydrogen (secondary N) is 1. The number of benzene rings is 2. The highest BCUT2D eigenvalue weighted by atomic mass is 79.9. The van der Waals surface area contributed by atoms with Crippen molar-refractivity contribution in [2.75, 3.05) is 20.1 Å². The molecule has 4 nitrogen and oxygen atoms in total. The van der Waals surface area contributed by atoms with Crippen LogP contribution in [0.4, 0.5) is 0 Å². The maximum atomic E-state index is 12.7. The van der Waals surface area contributed by atoms with E-state index in [1.165, 1.54) is 0 Å². The summed E-state index contributed by atoms with van der Waals surface area (Å²) in [7, 11) is 1.96. The number of halogens is 1. The Bertz CT molecular complexity index is 872. The zero-order valence-electron chi connectivity index (χ0n) is 13.9. The molecule has 2 aliphatic heterocycles. The van der Waals surface area contributed by atoms with E-state index in [4.69, 9.17) is 4.99 Å². The molecule has 5 heteroatoms. The largest absolute Gasteiger partial charge is 0.368 e. The van der Waals surface area contributed by atoms with Crippen LogP contribution in [-0.4, -0.2) is 36.7 Å². The van der Waals surface area contributed by atoms with Crippen molar-refractivity contribution in [1.29, 1.82) is 0 Å². The zero-order chi connectivity index (χ0) is 17.4. The van der Waals surface area contributed by atoms with E-state index < -0.39 is 0 Å². The van der Waals surface area contributed by atoms with E-state index in [0.717, 1.165) is 39.1 Å². The van der Waals surface area contributed by atoms with Crippen LogP contribution in [0.25, 0.3) is 0 Å². The quantitative estimate of drug-likeness (QED) is 0.847. The Labute approximate surface area is 155 Å². The van der Waals surface area contributed by atoms with E-state index in [-0.39, 0.29) is 11.9 Å². The SMILES string of the molecule is CN1CCN=C(c2ccccc2)C2=C1C(=O)NC2c1ccc(Br)cc1. The Hall–Kier alpha value is -2.40. The molecule has 2 aromatic carbocycles. The second-order valence-corrected chi connectivity index (χ2v) is 7.15. The predicted octanol–water partition coefficient (Wildman–Crippen LogP) is 3.31. The molecule has 25 heavy (non-hydrogen) atoms. The van der Waals surface area contributed by atoms with Gasteiger partial charge >= 0.3 is 0 Å². The van der Waals surface area contributed by atoms with Gasteiger partial charge in [-0.15, -0.1) is 0 Å². The Balaban J connectivity index is 1.88. The fraction of sp³-hybridized carbons (Fsp3) is 0.200. The van der Waals surface area contributed by atoms with Crippen molar-refractivity contribution in [2.45, 2.75) is 6.04 Å². The zero-order valence-corrected chi connectivity index (χ0v) is 15.5. The normalized spacial score (nSPS) is 20.1. The highest BCUT2D eigenvalue weighted by Crippen LogP contribution is 2.35. The fourth-order valence-electron chi connectivity index (χ4n) is 3.42. The molecule has 0 saturated heterocycles. The summed E-state index contributed by atoms with van der Waals surface area (Å²) in [6, 6.07) is 18.0. The van der Waals surface area contributed by atoms with Gasteiger partial charge in [-0.1, -0.05) is 58.4 Å². The number of aliphatic imine (C=N–C) groups is 1. The molecule has 1 N–H and O–H groups in total. The summed E-state index contributed by atoms with van der Waals surface area (Å²) in [5, 5.41) is 3.14. The first-order valence-electron chi connectivity index (χ1n) is 8.27. The number of carbonyl (C=O) groups excluding carboxylic acids is 1. The summed E-state index contributed by atoms with van der Waals surface area (Å²) in [5.41, 5.74) is 4.71. The van der Waals surface area contributed by atoms with Crippen LogP contribution in [0.1, 0.15) is 17.2 Å². The van der Waals surface area contributed by atoms with Crippen LogP contribution < -0.4 is 5.32 Å². The molecular formula is C20H18BrN3O. The number of amides is 1. The lowest BCUT2D eigenvalue weighted by Gasteiger charge is -2.18. The number of hydrogen-bond donors (Lipinski definition) is 1. The highest BCUT2D eigenvalue weighted by Gasteiger charge is 2.38. The average molecular weight is 396 g/mol. The fourth-order valence-corrected chi connectivity index (χ4v) is 3.68. The van der Waals surface area contributed by atoms with E-state index in [1.807, 2.05) is 54.4 Å². The molecule has 0 radical (unpaired) electrons. The van der Waals surface area contributed by atoms with Crippen molar-refractivity contribution in [3.8, 4) is 0 Å². The number of hydrogen-bond acceptors (Lipinski definition) is 3. The van der Waals surface area contributed by atoms with Gasteiger partial charge < -0.3 is 10.2 Å². The Morgan fingerprint density at radius 1 is 1.12 bits per heavy atom. The van der Waals surface area contributed by atoms with Gasteiger partial charge in [0.05, 0.1) is 18.3 Å². The van der Waals surface area contributed by atoms with Gasteiger partial charge in [0.25, 0.3) is 5.91 Å². The lowest BCUT2D eigenvalue weighted by Crippen LogP contribution is -2.29. The van der Waals surface area contributed by atoms with Crippen LogP contribution in [0.15, 0.2) is 75.3 Å². The molecule has 2 aromatic rings. The van der Waals surface area contributed by atoms with Crippen LogP contribution in [0.2, 0.25) is 0 Å². The summed E-state index contributed by atoms with van der Waals surface area (Å²) in [4.78, 5) is 19.6. The molecule has 0 fully saturated rings. The lowest BCUT2D eigenvalue weighted by atomic mass is 9.92. The molecule has 2 aliphatic rings. The van der Waals surface area contributed by atoms with Gasteiger partial charge in [0.2, 0.25) is 0 Å². The molecule has 0 aromatic heterocycles. The third-order valence-electron chi connectivity index (χ3n) is 4.63. The summed E-state index contributed by atoms with van der Waals surface area (Å²) in [5.74, 6) is -0.0315. The molecule has 1 atom stereocenters. The second kappa shape index (κ2) is 6.48. The third kappa shape index (κ3) is 2.89. The summed E-state index contributed by atoms with van der Waals surface area (Å²) >= 11 is 3.47. The molecule has 0 aliphatic carbocycles. The molecule has 1 unspecified atom stereocenters. The van der Waals surface area contributed by atoms with Crippen molar-refractivity contribution < 1.29 is 4.79 Å². The minimum Gasteiger partial charge on any atom is -0.368 e. The van der Waals surface area contributed by atoms with Gasteiger partial charge in [0.1, 0.15) is 5.70 Å². The van der Waals surface area contributed by atoms with Crippen molar-refractivity contribution in [1.82, 2.24) is 10.2 Å². The van der Waals surface area contributed by atoms with Gasteiger partial charge in [-0.05, 0) is 17.7 Å². The Morgan fingerprint density at radius 3 is 2.56 bits per heavy atom. The molecule has 4 rings (SSSR count). The van der Waals surface area contributed by atoms with Gasteiger partial charge in [-0.3, -0.25) is 9.79 Å². The third-order valence-corrected chi connectivity index (χ3v) is 5.16. The molecule has 1 amide bonds. The van der Waals surface area contributed by atoms with E-state index in [1.54, 1.807) is 0 Å². The highest BCUT2D eigenvalue weighted by molar-refractivity contribution is 9.10. The van der Waals surface area contributed by atoms with Crippen molar-refractivity contribution in [2.24, 2.45) is 4.99 Å². The van der Waals surface area contributed by atoms with Crippen LogP contribution in [0.5, 0.6) is 0 Å². The monoisotopic (exact) mass is 395 g/mol. The van der Waals surface area contributed by atoms with Crippen molar-refractivity contribution >= 4 is 27.5 Å². The maximum absolute atomic E-state index is 12.7. The minimum atomic E-state index is -0.185. The van der Waals surface area contributed by atoms with Gasteiger partial charge in [0.15, 0.2) is 0 Å². The number of nitrogens with zero attached hydrogens (tertiary/aromatic N) is 2. The van der Waals surface area contributed by atoms with Crippen LogP contribution in [0, 0.1) is 0 Å². The molecule has 0 spiro atoms. The van der Waals surface area contributed by atoms with Gasteiger partial charge in [0, 0.05) is 29.2 Å². The topological polar surface area (TPSA) is 44.7 Å².